The molecule has 1 aliphatic heterocycles. The van der Waals surface area contributed by atoms with Crippen molar-refractivity contribution in [3.8, 4) is 11.3 Å². The number of benzene rings is 1. The van der Waals surface area contributed by atoms with E-state index in [2.05, 4.69) is 33.6 Å². The Kier molecular flexibility index (Phi) is 6.49. The lowest BCUT2D eigenvalue weighted by Crippen LogP contribution is -2.38. The summed E-state index contributed by atoms with van der Waals surface area (Å²) in [5.74, 6) is 0.402. The number of hydrogen-bond donors (Lipinski definition) is 3. The molecule has 1 unspecified atom stereocenters. The number of carbonyl (C=O) groups excluding carboxylic acids is 1. The van der Waals surface area contributed by atoms with Crippen LogP contribution in [0.5, 0.6) is 0 Å². The number of carbonyl (C=O) groups is 1. The van der Waals surface area contributed by atoms with Crippen molar-refractivity contribution < 1.29 is 14.6 Å². The van der Waals surface area contributed by atoms with E-state index in [1.807, 2.05) is 37.4 Å². The molecule has 3 heterocycles. The lowest BCUT2D eigenvalue weighted by Gasteiger charge is -2.23. The molecule has 3 N–H and O–H groups in total. The third kappa shape index (κ3) is 4.90. The third-order valence-corrected chi connectivity index (χ3v) is 7.13. The zero-order valence-corrected chi connectivity index (χ0v) is 20.2. The Morgan fingerprint density at radius 1 is 1.20 bits per heavy atom. The van der Waals surface area contributed by atoms with E-state index in [0.717, 1.165) is 59.4 Å². The lowest BCUT2D eigenvalue weighted by molar-refractivity contribution is 0.0696. The van der Waals surface area contributed by atoms with Crippen molar-refractivity contribution in [1.29, 1.82) is 0 Å². The number of nitrogens with one attached hydrogen (secondary N) is 2. The molecule has 1 amide bonds. The summed E-state index contributed by atoms with van der Waals surface area (Å²) >= 11 is 0. The van der Waals surface area contributed by atoms with Gasteiger partial charge in [-0.05, 0) is 74.1 Å². The molecule has 0 saturated carbocycles. The van der Waals surface area contributed by atoms with E-state index in [4.69, 9.17) is 9.72 Å². The number of aliphatic hydroxyl groups is 1. The van der Waals surface area contributed by atoms with Gasteiger partial charge in [-0.2, -0.15) is 0 Å². The third-order valence-electron chi connectivity index (χ3n) is 7.13. The van der Waals surface area contributed by atoms with Gasteiger partial charge in [-0.15, -0.1) is 0 Å². The monoisotopic (exact) mass is 473 g/mol. The lowest BCUT2D eigenvalue weighted by atomic mass is 9.85. The van der Waals surface area contributed by atoms with Gasteiger partial charge in [0.05, 0.1) is 12.3 Å². The maximum atomic E-state index is 12.7. The zero-order valence-electron chi connectivity index (χ0n) is 20.2. The summed E-state index contributed by atoms with van der Waals surface area (Å²) in [6, 6.07) is 9.68. The van der Waals surface area contributed by atoms with Crippen LogP contribution in [0.2, 0.25) is 0 Å². The second-order valence-corrected chi connectivity index (χ2v) is 9.72. The van der Waals surface area contributed by atoms with Gasteiger partial charge in [-0.3, -0.25) is 9.78 Å². The molecule has 0 bridgehead atoms. The van der Waals surface area contributed by atoms with Crippen LogP contribution in [0.4, 0.5) is 11.6 Å². The number of aryl methyl sites for hydroxylation is 2. The first-order chi connectivity index (χ1) is 16.9. The minimum atomic E-state index is -0.262. The van der Waals surface area contributed by atoms with Gasteiger partial charge in [0.25, 0.3) is 5.91 Å². The summed E-state index contributed by atoms with van der Waals surface area (Å²) in [5.41, 5.74) is 5.93. The fourth-order valence-electron chi connectivity index (χ4n) is 4.80. The minimum absolute atomic E-state index is 0.0659. The first kappa shape index (κ1) is 23.4. The number of hydrogen-bond acceptors (Lipinski definition) is 7. The Labute approximate surface area is 205 Å². The number of pyridine rings is 1. The fraction of sp³-hybridized carbons (Fsp3) is 0.407. The Morgan fingerprint density at radius 3 is 2.80 bits per heavy atom. The van der Waals surface area contributed by atoms with Gasteiger partial charge in [0.1, 0.15) is 0 Å². The molecule has 1 atom stereocenters. The van der Waals surface area contributed by atoms with E-state index in [-0.39, 0.29) is 24.0 Å². The van der Waals surface area contributed by atoms with Gasteiger partial charge < -0.3 is 20.5 Å². The van der Waals surface area contributed by atoms with Crippen molar-refractivity contribution in [2.24, 2.45) is 0 Å². The largest absolute Gasteiger partial charge is 0.395 e. The molecule has 182 valence electrons. The second-order valence-electron chi connectivity index (χ2n) is 9.72. The fourth-order valence-corrected chi connectivity index (χ4v) is 4.80. The second kappa shape index (κ2) is 9.71. The zero-order chi connectivity index (χ0) is 24.4. The van der Waals surface area contributed by atoms with Crippen LogP contribution in [0.3, 0.4) is 0 Å². The molecule has 8 nitrogen and oxygen atoms in total. The van der Waals surface area contributed by atoms with Crippen LogP contribution in [-0.2, 0) is 16.6 Å². The highest BCUT2D eigenvalue weighted by molar-refractivity contribution is 5.95. The number of rotatable bonds is 6. The predicted molar refractivity (Wildman–Crippen MR) is 134 cm³/mol. The molecule has 2 aromatic heterocycles. The normalized spacial score (nSPS) is 19.9. The summed E-state index contributed by atoms with van der Waals surface area (Å²) < 4.78 is 5.36. The van der Waals surface area contributed by atoms with Gasteiger partial charge in [0, 0.05) is 59.6 Å². The van der Waals surface area contributed by atoms with Gasteiger partial charge in [0.15, 0.2) is 0 Å². The van der Waals surface area contributed by atoms with E-state index in [1.54, 1.807) is 6.20 Å². The smallest absolute Gasteiger partial charge is 0.251 e. The van der Waals surface area contributed by atoms with Crippen molar-refractivity contribution >= 4 is 17.5 Å². The van der Waals surface area contributed by atoms with Gasteiger partial charge in [-0.25, -0.2) is 9.97 Å². The highest BCUT2D eigenvalue weighted by Gasteiger charge is 2.35. The van der Waals surface area contributed by atoms with Gasteiger partial charge in [0.2, 0.25) is 5.95 Å². The summed E-state index contributed by atoms with van der Waals surface area (Å²) in [6.45, 7) is 5.51. The Morgan fingerprint density at radius 2 is 2.03 bits per heavy atom. The van der Waals surface area contributed by atoms with Crippen LogP contribution in [0, 0.1) is 6.92 Å². The average Bonchev–Trinajstić information content (AvgIpc) is 3.22. The average molecular weight is 474 g/mol. The van der Waals surface area contributed by atoms with Gasteiger partial charge >= 0.3 is 0 Å². The summed E-state index contributed by atoms with van der Waals surface area (Å²) in [6.07, 6.45) is 7.02. The molecule has 5 rings (SSSR count). The Hall–Kier alpha value is -3.36. The van der Waals surface area contributed by atoms with Crippen LogP contribution in [-0.4, -0.2) is 51.8 Å². The van der Waals surface area contributed by atoms with Crippen LogP contribution in [0.1, 0.15) is 53.4 Å². The topological polar surface area (TPSA) is 109 Å². The van der Waals surface area contributed by atoms with Crippen molar-refractivity contribution in [3.05, 3.63) is 65.1 Å². The van der Waals surface area contributed by atoms with Crippen LogP contribution < -0.4 is 10.6 Å². The Balaban J connectivity index is 1.32. The van der Waals surface area contributed by atoms with E-state index < -0.39 is 0 Å². The first-order valence-corrected chi connectivity index (χ1v) is 12.2. The predicted octanol–water partition coefficient (Wildman–Crippen LogP) is 3.70. The van der Waals surface area contributed by atoms with Gasteiger partial charge in [-0.1, -0.05) is 6.92 Å². The summed E-state index contributed by atoms with van der Waals surface area (Å²) in [4.78, 5) is 26.4. The highest BCUT2D eigenvalue weighted by atomic mass is 16.5. The molecule has 0 radical (unpaired) electrons. The molecule has 1 aromatic carbocycles. The SMILES string of the molecule is Cc1cc(C(=O)NC2CCOCC2)ccc1Nc1nccc(-c2cnc3c(c2)C(C)(CO)CC3)n1. The van der Waals surface area contributed by atoms with Crippen molar-refractivity contribution in [3.63, 3.8) is 0 Å². The molecule has 0 spiro atoms. The molecular formula is C27H31N5O3. The highest BCUT2D eigenvalue weighted by Crippen LogP contribution is 2.39. The van der Waals surface area contributed by atoms with E-state index in [0.29, 0.717) is 24.7 Å². The first-order valence-electron chi connectivity index (χ1n) is 12.2. The standard InChI is InChI=1S/C27H31N5O3/c1-17-13-18(25(34)30-20-7-11-35-12-8-20)3-4-22(17)31-26-28-10-6-23(32-26)19-14-21-24(29-15-19)5-9-27(21,2)16-33/h3-4,6,10,13-15,20,33H,5,7-9,11-12,16H2,1-2H3,(H,30,34)(H,28,31,32). The molecule has 1 saturated heterocycles. The Bertz CT molecular complexity index is 1240. The van der Waals surface area contributed by atoms with E-state index in [9.17, 15) is 9.90 Å². The van der Waals surface area contributed by atoms with Crippen LogP contribution >= 0.6 is 0 Å². The quantitative estimate of drug-likeness (QED) is 0.501. The summed E-state index contributed by atoms with van der Waals surface area (Å²) in [5, 5.41) is 16.3. The molecule has 35 heavy (non-hydrogen) atoms. The number of nitrogens with zero attached hydrogens (tertiary/aromatic N) is 3. The van der Waals surface area contributed by atoms with E-state index >= 15 is 0 Å². The number of fused-ring (bicyclic) bond motifs is 1. The molecule has 1 aliphatic carbocycles. The summed E-state index contributed by atoms with van der Waals surface area (Å²) in [7, 11) is 0. The van der Waals surface area contributed by atoms with Crippen LogP contribution in [0.15, 0.2) is 42.7 Å². The number of aromatic nitrogens is 3. The molecule has 3 aromatic rings. The van der Waals surface area contributed by atoms with Crippen molar-refractivity contribution in [2.75, 3.05) is 25.1 Å². The molecule has 2 aliphatic rings. The number of anilines is 2. The van der Waals surface area contributed by atoms with Crippen molar-refractivity contribution in [1.82, 2.24) is 20.3 Å². The molecular weight excluding hydrogens is 442 g/mol. The van der Waals surface area contributed by atoms with E-state index in [1.165, 1.54) is 0 Å². The number of amides is 1. The maximum absolute atomic E-state index is 12.7. The van der Waals surface area contributed by atoms with Crippen LogP contribution in [0.25, 0.3) is 11.3 Å². The minimum Gasteiger partial charge on any atom is -0.395 e. The van der Waals surface area contributed by atoms with Crippen molar-refractivity contribution in [2.45, 2.75) is 51.0 Å². The maximum Gasteiger partial charge on any atom is 0.251 e. The molecule has 1 fully saturated rings. The molecule has 8 heteroatoms. The number of aliphatic hydroxyl groups excluding tert-OH is 1. The number of ether oxygens (including phenoxy) is 1.